The molecule has 0 spiro atoms. The average molecular weight is 343 g/mol. The van der Waals surface area contributed by atoms with E-state index in [9.17, 15) is 4.39 Å². The molecule has 0 bridgehead atoms. The van der Waals surface area contributed by atoms with Crippen molar-refractivity contribution in [2.45, 2.75) is 57.4 Å². The van der Waals surface area contributed by atoms with E-state index < -0.39 is 0 Å². The minimum Gasteiger partial charge on any atom is -0.271 e. The molecule has 20 heavy (non-hydrogen) atoms. The van der Waals surface area contributed by atoms with Crippen LogP contribution in [-0.4, -0.2) is 6.04 Å². The molecule has 0 radical (unpaired) electrons. The lowest BCUT2D eigenvalue weighted by Gasteiger charge is -2.28. The lowest BCUT2D eigenvalue weighted by molar-refractivity contribution is 0.284. The van der Waals surface area contributed by atoms with Gasteiger partial charge in [-0.15, -0.1) is 0 Å². The van der Waals surface area contributed by atoms with E-state index in [2.05, 4.69) is 21.4 Å². The van der Waals surface area contributed by atoms with Crippen LogP contribution in [0.1, 0.15) is 50.5 Å². The molecule has 0 heterocycles. The zero-order valence-electron chi connectivity index (χ0n) is 11.9. The van der Waals surface area contributed by atoms with Gasteiger partial charge in [0, 0.05) is 6.04 Å². The minimum atomic E-state index is -0.198. The fourth-order valence-electron chi connectivity index (χ4n) is 3.19. The Morgan fingerprint density at radius 1 is 1.20 bits per heavy atom. The maximum atomic E-state index is 13.6. The van der Waals surface area contributed by atoms with Gasteiger partial charge in [0.1, 0.15) is 5.82 Å². The Hall–Kier alpha value is -0.450. The smallest absolute Gasteiger partial charge is 0.137 e. The molecular formula is C16H24BrFN2. The highest BCUT2D eigenvalue weighted by molar-refractivity contribution is 9.10. The van der Waals surface area contributed by atoms with Gasteiger partial charge in [0.05, 0.1) is 4.47 Å². The normalized spacial score (nSPS) is 19.4. The highest BCUT2D eigenvalue weighted by Gasteiger charge is 2.22. The lowest BCUT2D eigenvalue weighted by atomic mass is 9.83. The van der Waals surface area contributed by atoms with E-state index in [0.717, 1.165) is 12.0 Å². The summed E-state index contributed by atoms with van der Waals surface area (Å²) in [6.07, 6.45) is 9.82. The van der Waals surface area contributed by atoms with E-state index >= 15 is 0 Å². The summed E-state index contributed by atoms with van der Waals surface area (Å²) in [6, 6.07) is 5.45. The van der Waals surface area contributed by atoms with Crippen LogP contribution in [0.25, 0.3) is 0 Å². The first kappa shape index (κ1) is 15.9. The molecule has 2 nitrogen and oxygen atoms in total. The Morgan fingerprint density at radius 2 is 1.85 bits per heavy atom. The van der Waals surface area contributed by atoms with Gasteiger partial charge in [0.25, 0.3) is 0 Å². The van der Waals surface area contributed by atoms with Crippen molar-refractivity contribution in [3.63, 3.8) is 0 Å². The summed E-state index contributed by atoms with van der Waals surface area (Å²) in [7, 11) is 0. The monoisotopic (exact) mass is 342 g/mol. The van der Waals surface area contributed by atoms with Crippen molar-refractivity contribution in [2.24, 2.45) is 11.8 Å². The van der Waals surface area contributed by atoms with Crippen LogP contribution in [0.15, 0.2) is 22.7 Å². The first-order valence-electron chi connectivity index (χ1n) is 7.61. The summed E-state index contributed by atoms with van der Waals surface area (Å²) in [5, 5.41) is 0. The molecule has 1 saturated carbocycles. The van der Waals surface area contributed by atoms with Crippen LogP contribution < -0.4 is 11.3 Å². The SMILES string of the molecule is NNC(Cc1cccc(F)c1Br)C1CCCCCCC1. The number of hydrazine groups is 1. The van der Waals surface area contributed by atoms with Crippen LogP contribution in [0, 0.1) is 11.7 Å². The van der Waals surface area contributed by atoms with Crippen LogP contribution >= 0.6 is 15.9 Å². The van der Waals surface area contributed by atoms with Crippen molar-refractivity contribution in [2.75, 3.05) is 0 Å². The van der Waals surface area contributed by atoms with E-state index in [1.54, 1.807) is 6.07 Å². The number of benzene rings is 1. The van der Waals surface area contributed by atoms with Gasteiger partial charge < -0.3 is 0 Å². The van der Waals surface area contributed by atoms with Crippen LogP contribution in [0.4, 0.5) is 4.39 Å². The molecule has 3 N–H and O–H groups in total. The maximum Gasteiger partial charge on any atom is 0.137 e. The Labute approximate surface area is 129 Å². The third-order valence-electron chi connectivity index (χ3n) is 4.40. The number of halogens is 2. The van der Waals surface area contributed by atoms with Crippen LogP contribution in [0.5, 0.6) is 0 Å². The van der Waals surface area contributed by atoms with Gasteiger partial charge in [-0.3, -0.25) is 11.3 Å². The summed E-state index contributed by atoms with van der Waals surface area (Å²) in [6.45, 7) is 0. The summed E-state index contributed by atoms with van der Waals surface area (Å²) >= 11 is 3.35. The van der Waals surface area contributed by atoms with E-state index in [1.165, 1.54) is 51.0 Å². The van der Waals surface area contributed by atoms with Crippen LogP contribution in [0.3, 0.4) is 0 Å². The second-order valence-corrected chi connectivity index (χ2v) is 6.59. The van der Waals surface area contributed by atoms with Gasteiger partial charge >= 0.3 is 0 Å². The van der Waals surface area contributed by atoms with Gasteiger partial charge in [-0.1, -0.05) is 44.2 Å². The molecule has 1 aliphatic carbocycles. The molecule has 0 saturated heterocycles. The third kappa shape index (κ3) is 4.27. The Morgan fingerprint density at radius 3 is 2.50 bits per heavy atom. The molecule has 0 aromatic heterocycles. The molecule has 1 aromatic carbocycles. The second kappa shape index (κ2) is 8.11. The maximum absolute atomic E-state index is 13.6. The molecule has 1 aliphatic rings. The number of hydrogen-bond donors (Lipinski definition) is 2. The number of hydrogen-bond acceptors (Lipinski definition) is 2. The summed E-state index contributed by atoms with van der Waals surface area (Å²) in [5.74, 6) is 6.17. The summed E-state index contributed by atoms with van der Waals surface area (Å²) in [5.41, 5.74) is 3.97. The molecule has 1 aromatic rings. The molecule has 1 unspecified atom stereocenters. The number of nitrogens with one attached hydrogen (secondary N) is 1. The zero-order valence-corrected chi connectivity index (χ0v) is 13.5. The molecule has 4 heteroatoms. The quantitative estimate of drug-likeness (QED) is 0.631. The topological polar surface area (TPSA) is 38.0 Å². The number of rotatable bonds is 4. The molecule has 2 rings (SSSR count). The molecule has 0 amide bonds. The summed E-state index contributed by atoms with van der Waals surface area (Å²) in [4.78, 5) is 0. The highest BCUT2D eigenvalue weighted by Crippen LogP contribution is 2.28. The van der Waals surface area contributed by atoms with Crippen LogP contribution in [0.2, 0.25) is 0 Å². The Bertz CT molecular complexity index is 417. The molecule has 1 atom stereocenters. The van der Waals surface area contributed by atoms with Gasteiger partial charge in [-0.25, -0.2) is 4.39 Å². The Kier molecular flexibility index (Phi) is 6.46. The van der Waals surface area contributed by atoms with Crippen molar-refractivity contribution < 1.29 is 4.39 Å². The fraction of sp³-hybridized carbons (Fsp3) is 0.625. The molecule has 112 valence electrons. The predicted molar refractivity (Wildman–Crippen MR) is 84.7 cm³/mol. The zero-order chi connectivity index (χ0) is 14.4. The van der Waals surface area contributed by atoms with E-state index in [0.29, 0.717) is 10.4 Å². The van der Waals surface area contributed by atoms with Gasteiger partial charge in [0.2, 0.25) is 0 Å². The highest BCUT2D eigenvalue weighted by atomic mass is 79.9. The Balaban J connectivity index is 2.05. The van der Waals surface area contributed by atoms with Crippen molar-refractivity contribution in [3.8, 4) is 0 Å². The largest absolute Gasteiger partial charge is 0.271 e. The van der Waals surface area contributed by atoms with Crippen molar-refractivity contribution >= 4 is 15.9 Å². The third-order valence-corrected chi connectivity index (χ3v) is 5.29. The first-order valence-corrected chi connectivity index (χ1v) is 8.40. The first-order chi connectivity index (χ1) is 9.72. The van der Waals surface area contributed by atoms with Crippen molar-refractivity contribution in [3.05, 3.63) is 34.1 Å². The standard InChI is InChI=1S/C16H24BrFN2/c17-16-13(9-6-10-14(16)18)11-15(20-19)12-7-4-2-1-3-5-8-12/h6,9-10,12,15,20H,1-5,7-8,11,19H2. The molecule has 0 aliphatic heterocycles. The van der Waals surface area contributed by atoms with Crippen molar-refractivity contribution in [1.29, 1.82) is 0 Å². The second-order valence-electron chi connectivity index (χ2n) is 5.80. The molecule has 1 fully saturated rings. The van der Waals surface area contributed by atoms with E-state index in [-0.39, 0.29) is 11.9 Å². The molecular weight excluding hydrogens is 319 g/mol. The van der Waals surface area contributed by atoms with E-state index in [1.807, 2.05) is 6.07 Å². The van der Waals surface area contributed by atoms with Gasteiger partial charge in [0.15, 0.2) is 0 Å². The van der Waals surface area contributed by atoms with Gasteiger partial charge in [-0.2, -0.15) is 0 Å². The summed E-state index contributed by atoms with van der Waals surface area (Å²) < 4.78 is 14.2. The van der Waals surface area contributed by atoms with Crippen molar-refractivity contribution in [1.82, 2.24) is 5.43 Å². The van der Waals surface area contributed by atoms with Crippen LogP contribution in [-0.2, 0) is 6.42 Å². The number of nitrogens with two attached hydrogens (primary N) is 1. The average Bonchev–Trinajstić information content (AvgIpc) is 2.41. The predicted octanol–water partition coefficient (Wildman–Crippen LogP) is 4.32. The fourth-order valence-corrected chi connectivity index (χ4v) is 3.62. The van der Waals surface area contributed by atoms with Gasteiger partial charge in [-0.05, 0) is 52.7 Å². The lowest BCUT2D eigenvalue weighted by Crippen LogP contribution is -2.42. The minimum absolute atomic E-state index is 0.198. The van der Waals surface area contributed by atoms with E-state index in [4.69, 9.17) is 5.84 Å².